The molecule has 0 fully saturated rings. The highest BCUT2D eigenvalue weighted by molar-refractivity contribution is 5.85. The standard InChI is InChI=1S/C15H22N2O3.ClH/c1-9(2)6-12(16)15(18)17-10(3)11-4-5-13-14(7-11)20-8-19-13;/h4-5,7,9-10,12H,6,8,16H2,1-3H3,(H,17,18);1H/t10?,12-;/m0./s1. The molecular weight excluding hydrogens is 292 g/mol. The Morgan fingerprint density at radius 1 is 1.29 bits per heavy atom. The second kappa shape index (κ2) is 7.52. The lowest BCUT2D eigenvalue weighted by atomic mass is 10.0. The largest absolute Gasteiger partial charge is 0.454 e. The Labute approximate surface area is 131 Å². The fourth-order valence-corrected chi connectivity index (χ4v) is 2.20. The molecule has 1 amide bonds. The number of nitrogens with one attached hydrogen (secondary N) is 1. The first kappa shape index (κ1) is 17.6. The van der Waals surface area contributed by atoms with Gasteiger partial charge in [-0.2, -0.15) is 0 Å². The summed E-state index contributed by atoms with van der Waals surface area (Å²) in [7, 11) is 0. The summed E-state index contributed by atoms with van der Waals surface area (Å²) in [5, 5.41) is 2.93. The van der Waals surface area contributed by atoms with Gasteiger partial charge in [-0.15, -0.1) is 12.4 Å². The van der Waals surface area contributed by atoms with Crippen LogP contribution in [0.1, 0.15) is 38.8 Å². The number of rotatable bonds is 5. The van der Waals surface area contributed by atoms with Gasteiger partial charge in [0.15, 0.2) is 11.5 Å². The van der Waals surface area contributed by atoms with Crippen molar-refractivity contribution in [3.05, 3.63) is 23.8 Å². The van der Waals surface area contributed by atoms with E-state index >= 15 is 0 Å². The second-order valence-corrected chi connectivity index (χ2v) is 5.58. The molecule has 0 aromatic heterocycles. The van der Waals surface area contributed by atoms with Gasteiger partial charge in [0.2, 0.25) is 12.7 Å². The van der Waals surface area contributed by atoms with E-state index in [-0.39, 0.29) is 31.1 Å². The van der Waals surface area contributed by atoms with Gasteiger partial charge in [0.25, 0.3) is 0 Å². The Kier molecular flexibility index (Phi) is 6.30. The maximum absolute atomic E-state index is 12.0. The molecule has 1 aromatic rings. The zero-order valence-electron chi connectivity index (χ0n) is 12.6. The number of hydrogen-bond donors (Lipinski definition) is 2. The lowest BCUT2D eigenvalue weighted by molar-refractivity contribution is -0.123. The first-order valence-corrected chi connectivity index (χ1v) is 6.93. The topological polar surface area (TPSA) is 73.6 Å². The lowest BCUT2D eigenvalue weighted by Gasteiger charge is -2.19. The molecule has 118 valence electrons. The minimum absolute atomic E-state index is 0. The average Bonchev–Trinajstić information content (AvgIpc) is 2.84. The Bertz CT molecular complexity index is 494. The van der Waals surface area contributed by atoms with Crippen LogP contribution in [0.3, 0.4) is 0 Å². The number of fused-ring (bicyclic) bond motifs is 1. The number of carbonyl (C=O) groups excluding carboxylic acids is 1. The van der Waals surface area contributed by atoms with Crippen LogP contribution in [0.4, 0.5) is 0 Å². The molecule has 21 heavy (non-hydrogen) atoms. The Morgan fingerprint density at radius 3 is 2.62 bits per heavy atom. The normalized spacial score (nSPS) is 15.3. The molecule has 0 aliphatic carbocycles. The van der Waals surface area contributed by atoms with E-state index in [4.69, 9.17) is 15.2 Å². The summed E-state index contributed by atoms with van der Waals surface area (Å²) < 4.78 is 10.6. The highest BCUT2D eigenvalue weighted by Gasteiger charge is 2.20. The number of carbonyl (C=O) groups is 1. The van der Waals surface area contributed by atoms with Gasteiger partial charge in [-0.25, -0.2) is 0 Å². The number of halogens is 1. The molecule has 2 atom stereocenters. The van der Waals surface area contributed by atoms with E-state index in [9.17, 15) is 4.79 Å². The maximum Gasteiger partial charge on any atom is 0.237 e. The van der Waals surface area contributed by atoms with Crippen LogP contribution >= 0.6 is 12.4 Å². The number of benzene rings is 1. The molecule has 0 saturated heterocycles. The summed E-state index contributed by atoms with van der Waals surface area (Å²) in [5.41, 5.74) is 6.85. The second-order valence-electron chi connectivity index (χ2n) is 5.58. The fraction of sp³-hybridized carbons (Fsp3) is 0.533. The summed E-state index contributed by atoms with van der Waals surface area (Å²) in [6.45, 7) is 6.28. The number of nitrogens with two attached hydrogens (primary N) is 1. The molecule has 1 aromatic carbocycles. The van der Waals surface area contributed by atoms with Crippen molar-refractivity contribution >= 4 is 18.3 Å². The highest BCUT2D eigenvalue weighted by atomic mass is 35.5. The molecule has 1 aliphatic heterocycles. The molecule has 3 N–H and O–H groups in total. The monoisotopic (exact) mass is 314 g/mol. The van der Waals surface area contributed by atoms with Crippen LogP contribution in [0.5, 0.6) is 11.5 Å². The molecule has 0 bridgehead atoms. The smallest absolute Gasteiger partial charge is 0.237 e. The third kappa shape index (κ3) is 4.51. The van der Waals surface area contributed by atoms with Crippen LogP contribution in [0.15, 0.2) is 18.2 Å². The predicted octanol–water partition coefficient (Wildman–Crippen LogP) is 2.39. The van der Waals surface area contributed by atoms with Crippen molar-refractivity contribution in [2.75, 3.05) is 6.79 Å². The first-order valence-electron chi connectivity index (χ1n) is 6.93. The Morgan fingerprint density at radius 2 is 1.95 bits per heavy atom. The molecule has 1 unspecified atom stereocenters. The van der Waals surface area contributed by atoms with Gasteiger partial charge >= 0.3 is 0 Å². The van der Waals surface area contributed by atoms with E-state index in [1.165, 1.54) is 0 Å². The van der Waals surface area contributed by atoms with E-state index in [2.05, 4.69) is 19.2 Å². The SMILES string of the molecule is CC(C)C[C@H](N)C(=O)NC(C)c1ccc2c(c1)OCO2.Cl. The molecule has 0 spiro atoms. The van der Waals surface area contributed by atoms with E-state index in [1.54, 1.807) is 0 Å². The minimum atomic E-state index is -0.466. The van der Waals surface area contributed by atoms with Crippen molar-refractivity contribution in [3.63, 3.8) is 0 Å². The predicted molar refractivity (Wildman–Crippen MR) is 83.8 cm³/mol. The van der Waals surface area contributed by atoms with Gasteiger partial charge in [-0.3, -0.25) is 4.79 Å². The molecule has 6 heteroatoms. The van der Waals surface area contributed by atoms with Gasteiger partial charge in [-0.05, 0) is 37.0 Å². The third-order valence-electron chi connectivity index (χ3n) is 3.32. The fourth-order valence-electron chi connectivity index (χ4n) is 2.20. The van der Waals surface area contributed by atoms with Crippen molar-refractivity contribution in [3.8, 4) is 11.5 Å². The van der Waals surface area contributed by atoms with Crippen LogP contribution in [-0.2, 0) is 4.79 Å². The van der Waals surface area contributed by atoms with Crippen molar-refractivity contribution < 1.29 is 14.3 Å². The lowest BCUT2D eigenvalue weighted by Crippen LogP contribution is -2.42. The van der Waals surface area contributed by atoms with E-state index in [1.807, 2.05) is 25.1 Å². The Hall–Kier alpha value is -1.46. The van der Waals surface area contributed by atoms with Crippen LogP contribution in [0.25, 0.3) is 0 Å². The molecule has 1 aliphatic rings. The molecule has 0 radical (unpaired) electrons. The third-order valence-corrected chi connectivity index (χ3v) is 3.32. The summed E-state index contributed by atoms with van der Waals surface area (Å²) in [6, 6.07) is 5.09. The zero-order chi connectivity index (χ0) is 14.7. The van der Waals surface area contributed by atoms with Gasteiger partial charge < -0.3 is 20.5 Å². The minimum Gasteiger partial charge on any atom is -0.454 e. The summed E-state index contributed by atoms with van der Waals surface area (Å²) in [4.78, 5) is 12.0. The van der Waals surface area contributed by atoms with E-state index in [0.29, 0.717) is 12.3 Å². The maximum atomic E-state index is 12.0. The van der Waals surface area contributed by atoms with Gasteiger partial charge in [-0.1, -0.05) is 19.9 Å². The average molecular weight is 315 g/mol. The van der Waals surface area contributed by atoms with E-state index in [0.717, 1.165) is 17.1 Å². The zero-order valence-corrected chi connectivity index (χ0v) is 13.4. The molecule has 0 saturated carbocycles. The summed E-state index contributed by atoms with van der Waals surface area (Å²) in [5.74, 6) is 1.74. The molecule has 1 heterocycles. The summed E-state index contributed by atoms with van der Waals surface area (Å²) >= 11 is 0. The molecular formula is C15H23ClN2O3. The van der Waals surface area contributed by atoms with Gasteiger partial charge in [0.1, 0.15) is 0 Å². The molecule has 2 rings (SSSR count). The van der Waals surface area contributed by atoms with Crippen LogP contribution in [0, 0.1) is 5.92 Å². The van der Waals surface area contributed by atoms with Gasteiger partial charge in [0, 0.05) is 0 Å². The van der Waals surface area contributed by atoms with Crippen molar-refractivity contribution in [1.82, 2.24) is 5.32 Å². The highest BCUT2D eigenvalue weighted by Crippen LogP contribution is 2.34. The molecule has 5 nitrogen and oxygen atoms in total. The van der Waals surface area contributed by atoms with Crippen LogP contribution in [0.2, 0.25) is 0 Å². The van der Waals surface area contributed by atoms with E-state index < -0.39 is 6.04 Å². The van der Waals surface area contributed by atoms with Crippen LogP contribution < -0.4 is 20.5 Å². The van der Waals surface area contributed by atoms with Crippen molar-refractivity contribution in [2.45, 2.75) is 39.3 Å². The Balaban J connectivity index is 0.00000220. The number of ether oxygens (including phenoxy) is 2. The van der Waals surface area contributed by atoms with Gasteiger partial charge in [0.05, 0.1) is 12.1 Å². The van der Waals surface area contributed by atoms with Crippen molar-refractivity contribution in [2.24, 2.45) is 11.7 Å². The summed E-state index contributed by atoms with van der Waals surface area (Å²) in [6.07, 6.45) is 0.680. The quantitative estimate of drug-likeness (QED) is 0.875. The van der Waals surface area contributed by atoms with Crippen molar-refractivity contribution in [1.29, 1.82) is 0 Å². The first-order chi connectivity index (χ1) is 9.47. The number of amides is 1. The number of hydrogen-bond acceptors (Lipinski definition) is 4. The van der Waals surface area contributed by atoms with Crippen LogP contribution in [-0.4, -0.2) is 18.7 Å².